The molecule has 2 aromatic carbocycles. The van der Waals surface area contributed by atoms with Crippen LogP contribution >= 0.6 is 0 Å². The van der Waals surface area contributed by atoms with Gasteiger partial charge in [0.25, 0.3) is 5.69 Å². The van der Waals surface area contributed by atoms with Gasteiger partial charge < -0.3 is 4.90 Å². The van der Waals surface area contributed by atoms with Gasteiger partial charge >= 0.3 is 0 Å². The number of carbonyl (C=O) groups is 1. The number of piperidine rings is 1. The second-order valence-electron chi connectivity index (χ2n) is 7.02. The first-order valence-corrected chi connectivity index (χ1v) is 9.51. The molecule has 1 heterocycles. The Morgan fingerprint density at radius 3 is 2.29 bits per heavy atom. The van der Waals surface area contributed by atoms with Crippen LogP contribution in [0.4, 0.5) is 15.8 Å². The van der Waals surface area contributed by atoms with Gasteiger partial charge in [-0.05, 0) is 42.7 Å². The zero-order valence-corrected chi connectivity index (χ0v) is 15.9. The molecule has 0 atom stereocenters. The number of halogens is 1. The molecule has 6 nitrogen and oxygen atoms in total. The lowest BCUT2D eigenvalue weighted by atomic mass is 10.0. The summed E-state index contributed by atoms with van der Waals surface area (Å²) in [5.74, 6) is -0.272. The smallest absolute Gasteiger partial charge is 0.269 e. The number of non-ortho nitro benzene ring substituents is 1. The fourth-order valence-corrected chi connectivity index (χ4v) is 3.65. The summed E-state index contributed by atoms with van der Waals surface area (Å²) in [5.41, 5.74) is 1.86. The van der Waals surface area contributed by atoms with E-state index in [1.165, 1.54) is 24.3 Å². The van der Waals surface area contributed by atoms with Gasteiger partial charge in [0.15, 0.2) is 0 Å². The number of likely N-dealkylation sites (tertiary alicyclic amines) is 1. The molecular weight excluding hydrogens is 361 g/mol. The second kappa shape index (κ2) is 8.93. The Morgan fingerprint density at radius 1 is 1.14 bits per heavy atom. The SMILES string of the molecule is CCC(=O)N(c1ccc(F)cc1)C1CCN(Cc2ccc([N+](=O)[O-])cc2)CC1. The van der Waals surface area contributed by atoms with Crippen molar-refractivity contribution >= 4 is 17.3 Å². The quantitative estimate of drug-likeness (QED) is 0.554. The predicted octanol–water partition coefficient (Wildman–Crippen LogP) is 4.14. The molecule has 1 aliphatic heterocycles. The van der Waals surface area contributed by atoms with Gasteiger partial charge in [0, 0.05) is 49.9 Å². The minimum absolute atomic E-state index is 0.0421. The fraction of sp³-hybridized carbons (Fsp3) is 0.381. The second-order valence-corrected chi connectivity index (χ2v) is 7.02. The van der Waals surface area contributed by atoms with Crippen LogP contribution in [0.5, 0.6) is 0 Å². The number of nitro groups is 1. The normalized spacial score (nSPS) is 15.4. The number of rotatable bonds is 6. The van der Waals surface area contributed by atoms with E-state index in [2.05, 4.69) is 4.90 Å². The van der Waals surface area contributed by atoms with Gasteiger partial charge in [-0.3, -0.25) is 19.8 Å². The molecule has 0 aliphatic carbocycles. The molecule has 28 heavy (non-hydrogen) atoms. The molecular formula is C21H24FN3O3. The number of hydrogen-bond acceptors (Lipinski definition) is 4. The van der Waals surface area contributed by atoms with E-state index in [1.807, 2.05) is 11.8 Å². The highest BCUT2D eigenvalue weighted by Gasteiger charge is 2.28. The third-order valence-corrected chi connectivity index (χ3v) is 5.15. The predicted molar refractivity (Wildman–Crippen MR) is 106 cm³/mol. The van der Waals surface area contributed by atoms with Crippen molar-refractivity contribution in [1.82, 2.24) is 4.90 Å². The van der Waals surface area contributed by atoms with Crippen LogP contribution in [0, 0.1) is 15.9 Å². The Balaban J connectivity index is 1.62. The third kappa shape index (κ3) is 4.72. The Kier molecular flexibility index (Phi) is 6.36. The van der Waals surface area contributed by atoms with Gasteiger partial charge in [-0.25, -0.2) is 4.39 Å². The van der Waals surface area contributed by atoms with Crippen LogP contribution in [0.3, 0.4) is 0 Å². The first-order valence-electron chi connectivity index (χ1n) is 9.51. The van der Waals surface area contributed by atoms with Gasteiger partial charge in [-0.15, -0.1) is 0 Å². The number of hydrogen-bond donors (Lipinski definition) is 0. The van der Waals surface area contributed by atoms with Crippen LogP contribution in [0.25, 0.3) is 0 Å². The molecule has 1 aliphatic rings. The highest BCUT2D eigenvalue weighted by atomic mass is 19.1. The van der Waals surface area contributed by atoms with Crippen LogP contribution in [-0.4, -0.2) is 34.9 Å². The molecule has 1 saturated heterocycles. The lowest BCUT2D eigenvalue weighted by Gasteiger charge is -2.38. The highest BCUT2D eigenvalue weighted by molar-refractivity contribution is 5.93. The summed E-state index contributed by atoms with van der Waals surface area (Å²) in [5, 5.41) is 10.8. The van der Waals surface area contributed by atoms with Crippen molar-refractivity contribution in [2.45, 2.75) is 38.8 Å². The standard InChI is InChI=1S/C21H24FN3O3/c1-2-21(26)24(18-9-5-17(22)6-10-18)19-11-13-23(14-12-19)15-16-3-7-20(8-4-16)25(27)28/h3-10,19H,2,11-15H2,1H3. The third-order valence-electron chi connectivity index (χ3n) is 5.15. The Labute approximate surface area is 163 Å². The van der Waals surface area contributed by atoms with E-state index < -0.39 is 4.92 Å². The van der Waals surface area contributed by atoms with E-state index in [1.54, 1.807) is 24.3 Å². The van der Waals surface area contributed by atoms with E-state index in [-0.39, 0.29) is 23.5 Å². The summed E-state index contributed by atoms with van der Waals surface area (Å²) in [6.45, 7) is 4.22. The molecule has 1 fully saturated rings. The molecule has 0 aromatic heterocycles. The number of nitrogens with zero attached hydrogens (tertiary/aromatic N) is 3. The van der Waals surface area contributed by atoms with Crippen molar-refractivity contribution in [2.75, 3.05) is 18.0 Å². The van der Waals surface area contributed by atoms with Crippen LogP contribution < -0.4 is 4.90 Å². The van der Waals surface area contributed by atoms with Crippen LogP contribution in [0.2, 0.25) is 0 Å². The van der Waals surface area contributed by atoms with E-state index in [9.17, 15) is 19.3 Å². The van der Waals surface area contributed by atoms with Gasteiger partial charge in [0.1, 0.15) is 5.82 Å². The molecule has 7 heteroatoms. The van der Waals surface area contributed by atoms with E-state index in [0.29, 0.717) is 6.42 Å². The molecule has 1 amide bonds. The van der Waals surface area contributed by atoms with Crippen LogP contribution in [0.15, 0.2) is 48.5 Å². The molecule has 0 radical (unpaired) electrons. The van der Waals surface area contributed by atoms with Crippen molar-refractivity contribution in [3.63, 3.8) is 0 Å². The van der Waals surface area contributed by atoms with Crippen molar-refractivity contribution in [1.29, 1.82) is 0 Å². The molecule has 3 rings (SSSR count). The number of nitro benzene ring substituents is 1. The van der Waals surface area contributed by atoms with Gasteiger partial charge in [0.2, 0.25) is 5.91 Å². The Hall–Kier alpha value is -2.80. The first-order chi connectivity index (χ1) is 13.5. The molecule has 0 unspecified atom stereocenters. The molecule has 0 N–H and O–H groups in total. The summed E-state index contributed by atoms with van der Waals surface area (Å²) in [4.78, 5) is 27.0. The van der Waals surface area contributed by atoms with Gasteiger partial charge in [-0.1, -0.05) is 19.1 Å². The number of anilines is 1. The molecule has 0 spiro atoms. The summed E-state index contributed by atoms with van der Waals surface area (Å²) < 4.78 is 13.3. The minimum Gasteiger partial charge on any atom is -0.309 e. The number of carbonyl (C=O) groups excluding carboxylic acids is 1. The van der Waals surface area contributed by atoms with Crippen molar-refractivity contribution in [3.8, 4) is 0 Å². The van der Waals surface area contributed by atoms with E-state index in [4.69, 9.17) is 0 Å². The molecule has 0 bridgehead atoms. The Morgan fingerprint density at radius 2 is 1.75 bits per heavy atom. The number of amides is 1. The maximum absolute atomic E-state index is 13.3. The van der Waals surface area contributed by atoms with E-state index in [0.717, 1.165) is 43.7 Å². The van der Waals surface area contributed by atoms with Crippen molar-refractivity contribution < 1.29 is 14.1 Å². The monoisotopic (exact) mass is 385 g/mol. The molecule has 2 aromatic rings. The average Bonchev–Trinajstić information content (AvgIpc) is 2.71. The summed E-state index contributed by atoms with van der Waals surface area (Å²) >= 11 is 0. The average molecular weight is 385 g/mol. The van der Waals surface area contributed by atoms with Crippen molar-refractivity contribution in [2.24, 2.45) is 0 Å². The first kappa shape index (κ1) is 19.9. The summed E-state index contributed by atoms with van der Waals surface area (Å²) in [7, 11) is 0. The Bertz CT molecular complexity index is 816. The lowest BCUT2D eigenvalue weighted by molar-refractivity contribution is -0.384. The largest absolute Gasteiger partial charge is 0.309 e. The zero-order valence-electron chi connectivity index (χ0n) is 15.9. The van der Waals surface area contributed by atoms with Gasteiger partial charge in [-0.2, -0.15) is 0 Å². The highest BCUT2D eigenvalue weighted by Crippen LogP contribution is 2.26. The fourth-order valence-electron chi connectivity index (χ4n) is 3.65. The van der Waals surface area contributed by atoms with E-state index >= 15 is 0 Å². The minimum atomic E-state index is -0.399. The van der Waals surface area contributed by atoms with Crippen LogP contribution in [-0.2, 0) is 11.3 Å². The topological polar surface area (TPSA) is 66.7 Å². The zero-order chi connectivity index (χ0) is 20.1. The van der Waals surface area contributed by atoms with Gasteiger partial charge in [0.05, 0.1) is 4.92 Å². The van der Waals surface area contributed by atoms with Crippen molar-refractivity contribution in [3.05, 3.63) is 70.0 Å². The molecule has 148 valence electrons. The summed E-state index contributed by atoms with van der Waals surface area (Å²) in [6.07, 6.45) is 2.06. The lowest BCUT2D eigenvalue weighted by Crippen LogP contribution is -2.47. The number of benzene rings is 2. The molecule has 0 saturated carbocycles. The van der Waals surface area contributed by atoms with Crippen LogP contribution in [0.1, 0.15) is 31.7 Å². The maximum atomic E-state index is 13.3. The maximum Gasteiger partial charge on any atom is 0.269 e. The summed E-state index contributed by atoms with van der Waals surface area (Å²) in [6, 6.07) is 12.8.